The molecule has 6 rings (SSSR count). The first-order valence-electron chi connectivity index (χ1n) is 11.6. The van der Waals surface area contributed by atoms with Gasteiger partial charge < -0.3 is 24.9 Å². The number of rotatable bonds is 3. The first-order chi connectivity index (χ1) is 14.7. The van der Waals surface area contributed by atoms with Crippen LogP contribution in [0.3, 0.4) is 0 Å². The van der Waals surface area contributed by atoms with Crippen LogP contribution < -0.4 is 15.5 Å². The summed E-state index contributed by atoms with van der Waals surface area (Å²) in [7, 11) is 2.24. The molecule has 7 nitrogen and oxygen atoms in total. The number of benzene rings is 1. The van der Waals surface area contributed by atoms with Gasteiger partial charge in [-0.05, 0) is 63.7 Å². The van der Waals surface area contributed by atoms with Gasteiger partial charge in [-0.25, -0.2) is 0 Å². The molecule has 0 radical (unpaired) electrons. The highest BCUT2D eigenvalue weighted by Crippen LogP contribution is 2.34. The zero-order chi connectivity index (χ0) is 20.2. The number of anilines is 1. The van der Waals surface area contributed by atoms with Gasteiger partial charge in [0.1, 0.15) is 5.52 Å². The van der Waals surface area contributed by atoms with E-state index in [1.54, 1.807) is 0 Å². The van der Waals surface area contributed by atoms with Crippen molar-refractivity contribution in [3.63, 3.8) is 0 Å². The summed E-state index contributed by atoms with van der Waals surface area (Å²) in [5, 5.41) is 6.88. The Kier molecular flexibility index (Phi) is 5.61. The van der Waals surface area contributed by atoms with Crippen LogP contribution in [-0.2, 0) is 0 Å². The van der Waals surface area contributed by atoms with Crippen molar-refractivity contribution < 1.29 is 9.21 Å². The summed E-state index contributed by atoms with van der Waals surface area (Å²) in [6.45, 7) is 3.02. The van der Waals surface area contributed by atoms with Crippen LogP contribution in [0.2, 0.25) is 0 Å². The quantitative estimate of drug-likeness (QED) is 0.756. The molecule has 1 amide bonds. The SMILES string of the molecule is CN1C2CCCC1CC(NC(=O)c1cccc3oc(N4C[C@@H]5CCN[C@@H]5C4)nc13)C2.Cl. The number of nitrogens with zero attached hydrogens (tertiary/aromatic N) is 3. The summed E-state index contributed by atoms with van der Waals surface area (Å²) in [6, 6.07) is 8.31. The molecule has 4 aliphatic rings. The average Bonchev–Trinajstić information content (AvgIpc) is 3.42. The Balaban J connectivity index is 0.00000204. The summed E-state index contributed by atoms with van der Waals surface area (Å²) >= 11 is 0. The Labute approximate surface area is 189 Å². The van der Waals surface area contributed by atoms with E-state index in [0.29, 0.717) is 46.7 Å². The first kappa shape index (κ1) is 21.0. The van der Waals surface area contributed by atoms with E-state index in [-0.39, 0.29) is 24.4 Å². The summed E-state index contributed by atoms with van der Waals surface area (Å²) in [6.07, 6.45) is 7.11. The third-order valence-corrected chi connectivity index (χ3v) is 7.96. The van der Waals surface area contributed by atoms with Crippen LogP contribution in [-0.4, -0.2) is 66.6 Å². The molecule has 4 saturated heterocycles. The zero-order valence-corrected chi connectivity index (χ0v) is 18.9. The molecule has 5 heterocycles. The van der Waals surface area contributed by atoms with Crippen molar-refractivity contribution in [1.82, 2.24) is 20.5 Å². The number of hydrogen-bond acceptors (Lipinski definition) is 6. The van der Waals surface area contributed by atoms with Crippen molar-refractivity contribution >= 4 is 35.4 Å². The molecule has 8 heteroatoms. The Hall–Kier alpha value is -1.83. The van der Waals surface area contributed by atoms with Crippen molar-refractivity contribution in [3.8, 4) is 0 Å². The number of oxazole rings is 1. The molecule has 1 aromatic heterocycles. The van der Waals surface area contributed by atoms with Gasteiger partial charge in [0.2, 0.25) is 0 Å². The van der Waals surface area contributed by atoms with Gasteiger partial charge in [0.15, 0.2) is 5.58 Å². The van der Waals surface area contributed by atoms with E-state index in [1.807, 2.05) is 18.2 Å². The minimum Gasteiger partial charge on any atom is -0.423 e. The molecular weight excluding hydrogens is 414 g/mol. The van der Waals surface area contributed by atoms with Crippen molar-refractivity contribution in [2.45, 2.75) is 62.7 Å². The highest BCUT2D eigenvalue weighted by molar-refractivity contribution is 6.04. The van der Waals surface area contributed by atoms with E-state index >= 15 is 0 Å². The van der Waals surface area contributed by atoms with Gasteiger partial charge in [-0.3, -0.25) is 4.79 Å². The fraction of sp³-hybridized carbons (Fsp3) is 0.652. The van der Waals surface area contributed by atoms with E-state index in [0.717, 1.165) is 32.5 Å². The molecule has 0 saturated carbocycles. The number of carbonyl (C=O) groups is 1. The number of para-hydroxylation sites is 1. The van der Waals surface area contributed by atoms with E-state index in [1.165, 1.54) is 25.7 Å². The predicted octanol–water partition coefficient (Wildman–Crippen LogP) is 2.79. The van der Waals surface area contributed by atoms with Crippen LogP contribution in [0.1, 0.15) is 48.9 Å². The predicted molar refractivity (Wildman–Crippen MR) is 123 cm³/mol. The van der Waals surface area contributed by atoms with Gasteiger partial charge >= 0.3 is 0 Å². The lowest BCUT2D eigenvalue weighted by Crippen LogP contribution is -2.55. The van der Waals surface area contributed by atoms with E-state index in [2.05, 4.69) is 27.5 Å². The van der Waals surface area contributed by atoms with Crippen LogP contribution in [0.25, 0.3) is 11.1 Å². The lowest BCUT2D eigenvalue weighted by Gasteiger charge is -2.47. The second-order valence-corrected chi connectivity index (χ2v) is 9.71. The molecule has 0 aliphatic carbocycles. The number of nitrogens with one attached hydrogen (secondary N) is 2. The molecule has 0 spiro atoms. The van der Waals surface area contributed by atoms with Gasteiger partial charge in [0.05, 0.1) is 5.56 Å². The molecule has 168 valence electrons. The zero-order valence-electron chi connectivity index (χ0n) is 18.0. The maximum absolute atomic E-state index is 13.2. The Bertz CT molecular complexity index is 939. The van der Waals surface area contributed by atoms with E-state index in [9.17, 15) is 4.79 Å². The summed E-state index contributed by atoms with van der Waals surface area (Å²) < 4.78 is 6.07. The summed E-state index contributed by atoms with van der Waals surface area (Å²) in [4.78, 5) is 22.7. The molecule has 4 fully saturated rings. The third kappa shape index (κ3) is 3.70. The maximum Gasteiger partial charge on any atom is 0.298 e. The molecule has 2 N–H and O–H groups in total. The van der Waals surface area contributed by atoms with Crippen LogP contribution in [0.15, 0.2) is 22.6 Å². The van der Waals surface area contributed by atoms with Gasteiger partial charge in [0.25, 0.3) is 11.9 Å². The van der Waals surface area contributed by atoms with Gasteiger partial charge in [-0.1, -0.05) is 12.5 Å². The highest BCUT2D eigenvalue weighted by Gasteiger charge is 2.38. The van der Waals surface area contributed by atoms with Crippen molar-refractivity contribution in [2.75, 3.05) is 31.6 Å². The van der Waals surface area contributed by atoms with Crippen molar-refractivity contribution in [1.29, 1.82) is 0 Å². The van der Waals surface area contributed by atoms with Crippen molar-refractivity contribution in [3.05, 3.63) is 23.8 Å². The molecule has 2 unspecified atom stereocenters. The summed E-state index contributed by atoms with van der Waals surface area (Å²) in [5.74, 6) is 0.653. The number of hydrogen-bond donors (Lipinski definition) is 2. The standard InChI is InChI=1S/C23H31N5O2.ClH/c1-27-16-4-2-5-17(27)11-15(10-16)25-22(29)18-6-3-7-20-21(18)26-23(30-20)28-12-14-8-9-24-19(14)13-28;/h3,6-7,14-17,19,24H,2,4-5,8-13H2,1H3,(H,25,29);1H/t14-,15?,16?,17?,19+;/m0./s1. The highest BCUT2D eigenvalue weighted by atomic mass is 35.5. The normalized spacial score (nSPS) is 32.7. The van der Waals surface area contributed by atoms with Gasteiger partial charge in [-0.15, -0.1) is 12.4 Å². The van der Waals surface area contributed by atoms with E-state index < -0.39 is 0 Å². The largest absolute Gasteiger partial charge is 0.423 e. The molecule has 2 aromatic rings. The topological polar surface area (TPSA) is 73.6 Å². The number of aromatic nitrogens is 1. The number of amides is 1. The van der Waals surface area contributed by atoms with Crippen LogP contribution in [0.5, 0.6) is 0 Å². The number of fused-ring (bicyclic) bond motifs is 4. The monoisotopic (exact) mass is 445 g/mol. The lowest BCUT2D eigenvalue weighted by molar-refractivity contribution is 0.0463. The van der Waals surface area contributed by atoms with Crippen LogP contribution >= 0.6 is 12.4 Å². The Morgan fingerprint density at radius 3 is 2.77 bits per heavy atom. The average molecular weight is 446 g/mol. The summed E-state index contributed by atoms with van der Waals surface area (Å²) in [5.41, 5.74) is 2.01. The Morgan fingerprint density at radius 2 is 2.00 bits per heavy atom. The second kappa shape index (κ2) is 8.26. The Morgan fingerprint density at radius 1 is 1.19 bits per heavy atom. The maximum atomic E-state index is 13.2. The third-order valence-electron chi connectivity index (χ3n) is 7.96. The van der Waals surface area contributed by atoms with Crippen LogP contribution in [0, 0.1) is 5.92 Å². The lowest BCUT2D eigenvalue weighted by atomic mass is 9.82. The van der Waals surface area contributed by atoms with E-state index in [4.69, 9.17) is 9.40 Å². The van der Waals surface area contributed by atoms with Gasteiger partial charge in [0, 0.05) is 37.3 Å². The molecular formula is C23H32ClN5O2. The molecule has 31 heavy (non-hydrogen) atoms. The molecule has 4 atom stereocenters. The smallest absolute Gasteiger partial charge is 0.298 e. The van der Waals surface area contributed by atoms with Crippen LogP contribution in [0.4, 0.5) is 6.01 Å². The molecule has 1 aromatic carbocycles. The number of carbonyl (C=O) groups excluding carboxylic acids is 1. The van der Waals surface area contributed by atoms with Crippen molar-refractivity contribution in [2.24, 2.45) is 5.92 Å². The molecule has 4 aliphatic heterocycles. The number of piperidine rings is 2. The van der Waals surface area contributed by atoms with Gasteiger partial charge in [-0.2, -0.15) is 4.98 Å². The second-order valence-electron chi connectivity index (χ2n) is 9.71. The minimum atomic E-state index is -0.0203. The first-order valence-corrected chi connectivity index (χ1v) is 11.6. The fourth-order valence-electron chi connectivity index (χ4n) is 6.26. The fourth-order valence-corrected chi connectivity index (χ4v) is 6.26. The minimum absolute atomic E-state index is 0. The number of halogens is 1. The molecule has 2 bridgehead atoms.